The molecule has 2 N–H and O–H groups in total. The van der Waals surface area contributed by atoms with Crippen LogP contribution in [0.4, 0.5) is 0 Å². The summed E-state index contributed by atoms with van der Waals surface area (Å²) in [6.07, 6.45) is -0.207. The van der Waals surface area contributed by atoms with Crippen LogP contribution in [0, 0.1) is 0 Å². The highest BCUT2D eigenvalue weighted by molar-refractivity contribution is 6.19. The Bertz CT molecular complexity index is 289. The van der Waals surface area contributed by atoms with Crippen LogP contribution in [-0.4, -0.2) is 37.0 Å². The van der Waals surface area contributed by atoms with E-state index in [4.69, 9.17) is 4.74 Å². The number of hydrogen-bond donors (Lipinski definition) is 2. The van der Waals surface area contributed by atoms with Gasteiger partial charge in [0.15, 0.2) is 0 Å². The van der Waals surface area contributed by atoms with Crippen LogP contribution >= 0.6 is 0 Å². The van der Waals surface area contributed by atoms with E-state index in [1.54, 1.807) is 6.92 Å². The predicted octanol–water partition coefficient (Wildman–Crippen LogP) is -1.45. The fourth-order valence-corrected chi connectivity index (χ4v) is 1.32. The lowest BCUT2D eigenvalue weighted by molar-refractivity contribution is -0.154. The van der Waals surface area contributed by atoms with Crippen molar-refractivity contribution >= 4 is 17.8 Å². The Balaban J connectivity index is 2.91. The summed E-state index contributed by atoms with van der Waals surface area (Å²) in [7, 11) is 1.44. The number of nitrogens with one attached hydrogen (secondary N) is 2. The quantitative estimate of drug-likeness (QED) is 0.331. The number of amides is 2. The van der Waals surface area contributed by atoms with Crippen LogP contribution in [0.5, 0.6) is 0 Å². The van der Waals surface area contributed by atoms with Crippen molar-refractivity contribution in [2.75, 3.05) is 13.7 Å². The molecule has 1 fully saturated rings. The molecule has 1 heterocycles. The lowest BCUT2D eigenvalue weighted by Gasteiger charge is -2.21. The van der Waals surface area contributed by atoms with Gasteiger partial charge < -0.3 is 4.74 Å². The van der Waals surface area contributed by atoms with E-state index in [-0.39, 0.29) is 13.0 Å². The Morgan fingerprint density at radius 3 is 2.64 bits per heavy atom. The van der Waals surface area contributed by atoms with Gasteiger partial charge in [0.25, 0.3) is 5.91 Å². The summed E-state index contributed by atoms with van der Waals surface area (Å²) in [4.78, 5) is 33.8. The van der Waals surface area contributed by atoms with E-state index in [1.807, 2.05) is 0 Å². The fourth-order valence-electron chi connectivity index (χ4n) is 1.32. The number of imide groups is 1. The van der Waals surface area contributed by atoms with E-state index in [2.05, 4.69) is 10.6 Å². The first-order chi connectivity index (χ1) is 6.56. The second-order valence-electron chi connectivity index (χ2n) is 2.93. The van der Waals surface area contributed by atoms with Crippen LogP contribution in [0.2, 0.25) is 0 Å². The van der Waals surface area contributed by atoms with E-state index >= 15 is 0 Å². The van der Waals surface area contributed by atoms with Crippen LogP contribution in [0.1, 0.15) is 13.3 Å². The first kappa shape index (κ1) is 10.6. The molecule has 0 aromatic carbocycles. The molecule has 6 nitrogen and oxygen atoms in total. The maximum atomic E-state index is 11.5. The molecule has 14 heavy (non-hydrogen) atoms. The zero-order valence-corrected chi connectivity index (χ0v) is 8.05. The second-order valence-corrected chi connectivity index (χ2v) is 2.93. The topological polar surface area (TPSA) is 84.5 Å². The van der Waals surface area contributed by atoms with Crippen LogP contribution in [0.15, 0.2) is 0 Å². The highest BCUT2D eigenvalue weighted by Gasteiger charge is 2.53. The van der Waals surface area contributed by atoms with Crippen molar-refractivity contribution in [2.24, 2.45) is 0 Å². The predicted molar refractivity (Wildman–Crippen MR) is 46.2 cm³/mol. The maximum absolute atomic E-state index is 11.5. The minimum absolute atomic E-state index is 0.170. The number of likely N-dealkylation sites (N-methyl/N-ethyl adjacent to an activating group) is 1. The van der Waals surface area contributed by atoms with Gasteiger partial charge in [-0.1, -0.05) is 0 Å². The average molecular weight is 200 g/mol. The molecule has 1 aliphatic heterocycles. The van der Waals surface area contributed by atoms with Crippen molar-refractivity contribution in [1.29, 1.82) is 0 Å². The molecule has 0 bridgehead atoms. The number of rotatable bonds is 3. The van der Waals surface area contributed by atoms with Gasteiger partial charge in [-0.25, -0.2) is 4.79 Å². The number of ether oxygens (including phenoxy) is 1. The van der Waals surface area contributed by atoms with Crippen LogP contribution < -0.4 is 10.6 Å². The summed E-state index contributed by atoms with van der Waals surface area (Å²) in [5.74, 6) is -1.84. The molecule has 0 spiro atoms. The molecule has 2 amide bonds. The normalized spacial score (nSPS) is 26.1. The Hall–Kier alpha value is -1.43. The molecule has 1 aliphatic rings. The van der Waals surface area contributed by atoms with Crippen molar-refractivity contribution in [3.05, 3.63) is 0 Å². The Labute approximate surface area is 81.0 Å². The van der Waals surface area contributed by atoms with Crippen molar-refractivity contribution in [1.82, 2.24) is 10.6 Å². The highest BCUT2D eigenvalue weighted by Crippen LogP contribution is 2.18. The van der Waals surface area contributed by atoms with Crippen LogP contribution in [0.25, 0.3) is 0 Å². The lowest BCUT2D eigenvalue weighted by atomic mass is 9.98. The van der Waals surface area contributed by atoms with Gasteiger partial charge in [0, 0.05) is 0 Å². The number of carbonyl (C=O) groups excluding carboxylic acids is 3. The fraction of sp³-hybridized carbons (Fsp3) is 0.625. The van der Waals surface area contributed by atoms with E-state index in [0.717, 1.165) is 0 Å². The first-order valence-corrected chi connectivity index (χ1v) is 4.27. The van der Waals surface area contributed by atoms with Gasteiger partial charge in [-0.3, -0.25) is 20.2 Å². The molecular formula is C8H12N2O4. The van der Waals surface area contributed by atoms with Gasteiger partial charge in [0.1, 0.15) is 0 Å². The first-order valence-electron chi connectivity index (χ1n) is 4.27. The molecule has 0 aromatic heterocycles. The summed E-state index contributed by atoms with van der Waals surface area (Å²) < 4.78 is 4.72. The molecule has 1 unspecified atom stereocenters. The number of carbonyl (C=O) groups is 3. The average Bonchev–Trinajstić information content (AvgIpc) is 2.42. The molecule has 78 valence electrons. The summed E-state index contributed by atoms with van der Waals surface area (Å²) in [6, 6.07) is 0. The van der Waals surface area contributed by atoms with Crippen LogP contribution in [-0.2, 0) is 19.1 Å². The minimum atomic E-state index is -1.53. The maximum Gasteiger partial charge on any atom is 0.336 e. The molecule has 0 radical (unpaired) electrons. The molecule has 1 atom stereocenters. The monoisotopic (exact) mass is 200 g/mol. The summed E-state index contributed by atoms with van der Waals surface area (Å²) in [5, 5.41) is 4.59. The third-order valence-electron chi connectivity index (χ3n) is 2.12. The van der Waals surface area contributed by atoms with Gasteiger partial charge in [-0.15, -0.1) is 0 Å². The highest BCUT2D eigenvalue weighted by atomic mass is 16.5. The molecule has 0 saturated carbocycles. The van der Waals surface area contributed by atoms with Gasteiger partial charge >= 0.3 is 5.97 Å². The van der Waals surface area contributed by atoms with Crippen molar-refractivity contribution in [2.45, 2.75) is 18.9 Å². The summed E-state index contributed by atoms with van der Waals surface area (Å²) in [6.45, 7) is 1.81. The third kappa shape index (κ3) is 1.48. The molecule has 1 saturated heterocycles. The standard InChI is InChI=1S/C8H12N2O4/c1-3-14-7(13)8(9-2)4-5(11)10-6(8)12/h9H,3-4H2,1-2H3,(H,10,11,12). The van der Waals surface area contributed by atoms with Gasteiger partial charge in [-0.2, -0.15) is 0 Å². The van der Waals surface area contributed by atoms with E-state index in [0.29, 0.717) is 0 Å². The van der Waals surface area contributed by atoms with Gasteiger partial charge in [-0.05, 0) is 14.0 Å². The zero-order valence-electron chi connectivity index (χ0n) is 8.05. The Kier molecular flexibility index (Phi) is 2.85. The number of hydrogen-bond acceptors (Lipinski definition) is 5. The van der Waals surface area contributed by atoms with Crippen LogP contribution in [0.3, 0.4) is 0 Å². The molecule has 1 rings (SSSR count). The second kappa shape index (κ2) is 3.75. The molecular weight excluding hydrogens is 188 g/mol. The SMILES string of the molecule is CCOC(=O)C1(NC)CC(=O)NC1=O. The number of esters is 1. The summed E-state index contributed by atoms with van der Waals surface area (Å²) >= 11 is 0. The third-order valence-corrected chi connectivity index (χ3v) is 2.12. The van der Waals surface area contributed by atoms with E-state index < -0.39 is 23.3 Å². The smallest absolute Gasteiger partial charge is 0.336 e. The van der Waals surface area contributed by atoms with Crippen molar-refractivity contribution in [3.63, 3.8) is 0 Å². The molecule has 6 heteroatoms. The zero-order chi connectivity index (χ0) is 10.8. The van der Waals surface area contributed by atoms with E-state index in [9.17, 15) is 14.4 Å². The van der Waals surface area contributed by atoms with Crippen molar-refractivity contribution in [3.8, 4) is 0 Å². The largest absolute Gasteiger partial charge is 0.464 e. The van der Waals surface area contributed by atoms with Crippen molar-refractivity contribution < 1.29 is 19.1 Å². The van der Waals surface area contributed by atoms with Gasteiger partial charge in [0.2, 0.25) is 11.4 Å². The molecule has 0 aromatic rings. The Morgan fingerprint density at radius 2 is 2.29 bits per heavy atom. The van der Waals surface area contributed by atoms with E-state index in [1.165, 1.54) is 7.05 Å². The summed E-state index contributed by atoms with van der Waals surface area (Å²) in [5.41, 5.74) is -1.53. The van der Waals surface area contributed by atoms with Gasteiger partial charge in [0.05, 0.1) is 13.0 Å². The minimum Gasteiger partial charge on any atom is -0.464 e. The Morgan fingerprint density at radius 1 is 1.64 bits per heavy atom. The molecule has 0 aliphatic carbocycles. The lowest BCUT2D eigenvalue weighted by Crippen LogP contribution is -2.56.